The first-order chi connectivity index (χ1) is 12.9. The van der Waals surface area contributed by atoms with Crippen LogP contribution in [0.5, 0.6) is 0 Å². The van der Waals surface area contributed by atoms with E-state index < -0.39 is 0 Å². The summed E-state index contributed by atoms with van der Waals surface area (Å²) in [5.74, 6) is -0.121. The van der Waals surface area contributed by atoms with Crippen molar-refractivity contribution in [1.82, 2.24) is 9.88 Å². The van der Waals surface area contributed by atoms with Gasteiger partial charge in [0.1, 0.15) is 5.52 Å². The second kappa shape index (κ2) is 7.36. The van der Waals surface area contributed by atoms with Gasteiger partial charge >= 0.3 is 0 Å². The van der Waals surface area contributed by atoms with E-state index in [-0.39, 0.29) is 5.91 Å². The van der Waals surface area contributed by atoms with Gasteiger partial charge in [0.05, 0.1) is 26.0 Å². The van der Waals surface area contributed by atoms with Crippen LogP contribution in [0.4, 0.5) is 10.8 Å². The molecule has 0 saturated carbocycles. The van der Waals surface area contributed by atoms with Crippen LogP contribution in [0.25, 0.3) is 10.2 Å². The molecule has 9 heteroatoms. The number of carbonyl (C=O) groups excluding carboxylic acids is 1. The van der Waals surface area contributed by atoms with Gasteiger partial charge in [-0.05, 0) is 30.3 Å². The molecule has 1 aromatic heterocycles. The van der Waals surface area contributed by atoms with Crippen LogP contribution < -0.4 is 10.6 Å². The number of nitrogen functional groups attached to an aromatic ring is 1. The topological polar surface area (TPSA) is 62.5 Å². The highest BCUT2D eigenvalue weighted by Crippen LogP contribution is 2.37. The Morgan fingerprint density at radius 1 is 1.04 bits per heavy atom. The summed E-state index contributed by atoms with van der Waals surface area (Å²) in [4.78, 5) is 21.2. The number of rotatable bonds is 2. The fourth-order valence-corrected chi connectivity index (χ4v) is 4.62. The van der Waals surface area contributed by atoms with E-state index in [0.29, 0.717) is 51.9 Å². The predicted molar refractivity (Wildman–Crippen MR) is 114 cm³/mol. The standard InChI is InChI=1S/C18H15Cl3N4OS/c19-10-1-2-12(20)11(9-10)17(26)25-7-5-24(6-8-25)16-13(21)3-4-14-15(16)23-18(22)27-14/h1-4,9H,5-8H2,(H2,22,23). The van der Waals surface area contributed by atoms with E-state index in [4.69, 9.17) is 40.5 Å². The van der Waals surface area contributed by atoms with Crippen molar-refractivity contribution in [3.05, 3.63) is 51.0 Å². The minimum Gasteiger partial charge on any atom is -0.375 e. The molecule has 1 fully saturated rings. The molecule has 3 aromatic rings. The molecule has 1 aliphatic rings. The van der Waals surface area contributed by atoms with Crippen LogP contribution in [0.3, 0.4) is 0 Å². The number of nitrogens with zero attached hydrogens (tertiary/aromatic N) is 3. The number of anilines is 2. The van der Waals surface area contributed by atoms with Crippen LogP contribution in [-0.4, -0.2) is 42.0 Å². The van der Waals surface area contributed by atoms with Gasteiger partial charge in [0.25, 0.3) is 5.91 Å². The fourth-order valence-electron chi connectivity index (χ4n) is 3.24. The fraction of sp³-hybridized carbons (Fsp3) is 0.222. The van der Waals surface area contributed by atoms with Crippen LogP contribution in [0, 0.1) is 0 Å². The largest absolute Gasteiger partial charge is 0.375 e. The zero-order valence-electron chi connectivity index (χ0n) is 14.1. The molecule has 0 bridgehead atoms. The quantitative estimate of drug-likeness (QED) is 0.620. The predicted octanol–water partition coefficient (Wildman–Crippen LogP) is 4.80. The molecule has 1 saturated heterocycles. The van der Waals surface area contributed by atoms with Gasteiger partial charge in [-0.3, -0.25) is 4.79 Å². The SMILES string of the molecule is Nc1nc2c(N3CCN(C(=O)c4cc(Cl)ccc4Cl)CC3)c(Cl)ccc2s1. The Hall–Kier alpha value is -1.73. The second-order valence-corrected chi connectivity index (χ2v) is 8.51. The highest BCUT2D eigenvalue weighted by Gasteiger charge is 2.26. The molecule has 0 radical (unpaired) electrons. The third kappa shape index (κ3) is 3.55. The molecule has 1 amide bonds. The minimum absolute atomic E-state index is 0.121. The summed E-state index contributed by atoms with van der Waals surface area (Å²) in [6, 6.07) is 8.70. The lowest BCUT2D eigenvalue weighted by Crippen LogP contribution is -2.49. The van der Waals surface area contributed by atoms with E-state index in [1.165, 1.54) is 11.3 Å². The highest BCUT2D eigenvalue weighted by atomic mass is 35.5. The Balaban J connectivity index is 1.55. The average Bonchev–Trinajstić information content (AvgIpc) is 3.03. The lowest BCUT2D eigenvalue weighted by Gasteiger charge is -2.36. The van der Waals surface area contributed by atoms with Gasteiger partial charge < -0.3 is 15.5 Å². The van der Waals surface area contributed by atoms with Gasteiger partial charge in [0.2, 0.25) is 0 Å². The first kappa shape index (κ1) is 18.6. The Morgan fingerprint density at radius 3 is 2.48 bits per heavy atom. The summed E-state index contributed by atoms with van der Waals surface area (Å²) in [5.41, 5.74) is 7.96. The summed E-state index contributed by atoms with van der Waals surface area (Å²) in [7, 11) is 0. The van der Waals surface area contributed by atoms with Crippen LogP contribution in [0.15, 0.2) is 30.3 Å². The summed E-state index contributed by atoms with van der Waals surface area (Å²) >= 11 is 20.1. The molecule has 0 unspecified atom stereocenters. The molecule has 2 N–H and O–H groups in total. The third-order valence-corrected chi connectivity index (χ3v) is 6.26. The minimum atomic E-state index is -0.121. The molecular formula is C18H15Cl3N4OS. The summed E-state index contributed by atoms with van der Waals surface area (Å²) in [5, 5.41) is 2.03. The number of carbonyl (C=O) groups is 1. The van der Waals surface area contributed by atoms with Gasteiger partial charge in [0.15, 0.2) is 5.13 Å². The average molecular weight is 442 g/mol. The number of piperazine rings is 1. The van der Waals surface area contributed by atoms with Crippen molar-refractivity contribution in [1.29, 1.82) is 0 Å². The van der Waals surface area contributed by atoms with Crippen LogP contribution in [0.1, 0.15) is 10.4 Å². The van der Waals surface area contributed by atoms with Gasteiger partial charge in [-0.1, -0.05) is 46.1 Å². The summed E-state index contributed by atoms with van der Waals surface area (Å²) in [6.07, 6.45) is 0. The van der Waals surface area contributed by atoms with Crippen molar-refractivity contribution < 1.29 is 4.79 Å². The van der Waals surface area contributed by atoms with Gasteiger partial charge in [-0.2, -0.15) is 0 Å². The van der Waals surface area contributed by atoms with E-state index in [1.807, 2.05) is 12.1 Å². The number of benzene rings is 2. The normalized spacial score (nSPS) is 14.8. The molecular weight excluding hydrogens is 427 g/mol. The monoisotopic (exact) mass is 440 g/mol. The molecule has 2 aromatic carbocycles. The Kier molecular flexibility index (Phi) is 5.07. The van der Waals surface area contributed by atoms with Gasteiger partial charge in [0, 0.05) is 31.2 Å². The van der Waals surface area contributed by atoms with Crippen molar-refractivity contribution in [2.24, 2.45) is 0 Å². The number of nitrogens with two attached hydrogens (primary N) is 1. The number of amides is 1. The maximum absolute atomic E-state index is 12.8. The van der Waals surface area contributed by atoms with Gasteiger partial charge in [-0.15, -0.1) is 0 Å². The number of hydrogen-bond acceptors (Lipinski definition) is 5. The molecule has 27 heavy (non-hydrogen) atoms. The first-order valence-electron chi connectivity index (χ1n) is 8.28. The lowest BCUT2D eigenvalue weighted by molar-refractivity contribution is 0.0747. The van der Waals surface area contributed by atoms with Crippen LogP contribution in [-0.2, 0) is 0 Å². The van der Waals surface area contributed by atoms with Crippen molar-refractivity contribution >= 4 is 73.1 Å². The van der Waals surface area contributed by atoms with Crippen molar-refractivity contribution in [3.8, 4) is 0 Å². The summed E-state index contributed by atoms with van der Waals surface area (Å²) < 4.78 is 0.996. The summed E-state index contributed by atoms with van der Waals surface area (Å²) in [6.45, 7) is 2.38. The molecule has 2 heterocycles. The number of fused-ring (bicyclic) bond motifs is 1. The number of hydrogen-bond donors (Lipinski definition) is 1. The number of halogens is 3. The third-order valence-electron chi connectivity index (χ3n) is 4.54. The van der Waals surface area contributed by atoms with E-state index in [2.05, 4.69) is 9.88 Å². The van der Waals surface area contributed by atoms with Crippen LogP contribution in [0.2, 0.25) is 15.1 Å². The number of thiazole rings is 1. The van der Waals surface area contributed by atoms with Crippen molar-refractivity contribution in [2.75, 3.05) is 36.8 Å². The molecule has 1 aliphatic heterocycles. The zero-order chi connectivity index (χ0) is 19.1. The molecule has 4 rings (SSSR count). The Bertz CT molecular complexity index is 1030. The maximum Gasteiger partial charge on any atom is 0.255 e. The smallest absolute Gasteiger partial charge is 0.255 e. The first-order valence-corrected chi connectivity index (χ1v) is 10.2. The molecule has 0 atom stereocenters. The molecule has 140 valence electrons. The highest BCUT2D eigenvalue weighted by molar-refractivity contribution is 7.22. The Labute approximate surface area is 175 Å². The van der Waals surface area contributed by atoms with Gasteiger partial charge in [-0.25, -0.2) is 4.98 Å². The molecule has 0 spiro atoms. The number of aromatic nitrogens is 1. The van der Waals surface area contributed by atoms with E-state index in [9.17, 15) is 4.79 Å². The van der Waals surface area contributed by atoms with E-state index >= 15 is 0 Å². The van der Waals surface area contributed by atoms with Crippen molar-refractivity contribution in [3.63, 3.8) is 0 Å². The zero-order valence-corrected chi connectivity index (χ0v) is 17.2. The maximum atomic E-state index is 12.8. The molecule has 0 aliphatic carbocycles. The van der Waals surface area contributed by atoms with Crippen LogP contribution >= 0.6 is 46.1 Å². The lowest BCUT2D eigenvalue weighted by atomic mass is 10.1. The van der Waals surface area contributed by atoms with E-state index in [1.54, 1.807) is 23.1 Å². The Morgan fingerprint density at radius 2 is 1.74 bits per heavy atom. The van der Waals surface area contributed by atoms with Crippen molar-refractivity contribution in [2.45, 2.75) is 0 Å². The second-order valence-electron chi connectivity index (χ2n) is 6.20. The van der Waals surface area contributed by atoms with E-state index in [0.717, 1.165) is 15.9 Å². The molecule has 5 nitrogen and oxygen atoms in total.